The Balaban J connectivity index is 2.09. The number of benzene rings is 2. The normalized spacial score (nSPS) is 10.0. The third-order valence-corrected chi connectivity index (χ3v) is 2.66. The van der Waals surface area contributed by atoms with Crippen molar-refractivity contribution in [2.24, 2.45) is 0 Å². The molecule has 0 atom stereocenters. The van der Waals surface area contributed by atoms with Gasteiger partial charge in [0.1, 0.15) is 24.0 Å². The van der Waals surface area contributed by atoms with Gasteiger partial charge in [-0.05, 0) is 36.4 Å². The lowest BCUT2D eigenvalue weighted by molar-refractivity contribution is 0.102. The van der Waals surface area contributed by atoms with Crippen molar-refractivity contribution in [3.8, 4) is 5.75 Å². The summed E-state index contributed by atoms with van der Waals surface area (Å²) in [5, 5.41) is 2.32. The van der Waals surface area contributed by atoms with Gasteiger partial charge in [-0.2, -0.15) is 0 Å². The highest BCUT2D eigenvalue weighted by atomic mass is 19.1. The van der Waals surface area contributed by atoms with Crippen molar-refractivity contribution in [3.05, 3.63) is 72.3 Å². The highest BCUT2D eigenvalue weighted by Gasteiger charge is 2.10. The zero-order valence-corrected chi connectivity index (χ0v) is 11.1. The van der Waals surface area contributed by atoms with Gasteiger partial charge in [0, 0.05) is 11.6 Å². The van der Waals surface area contributed by atoms with Crippen LogP contribution in [-0.4, -0.2) is 12.5 Å². The van der Waals surface area contributed by atoms with Gasteiger partial charge in [0.25, 0.3) is 5.91 Å². The average Bonchev–Trinajstić information content (AvgIpc) is 2.49. The Morgan fingerprint density at radius 3 is 2.57 bits per heavy atom. The molecule has 2 aromatic carbocycles. The molecule has 2 aromatic rings. The molecule has 108 valence electrons. The molecule has 0 aromatic heterocycles. The molecule has 0 fully saturated rings. The first-order valence-electron chi connectivity index (χ1n) is 6.20. The molecule has 0 saturated heterocycles. The van der Waals surface area contributed by atoms with E-state index in [1.165, 1.54) is 12.1 Å². The minimum atomic E-state index is -0.698. The van der Waals surface area contributed by atoms with Crippen LogP contribution in [0, 0.1) is 11.6 Å². The van der Waals surface area contributed by atoms with Crippen LogP contribution >= 0.6 is 0 Å². The first-order valence-corrected chi connectivity index (χ1v) is 6.20. The summed E-state index contributed by atoms with van der Waals surface area (Å²) in [5.74, 6) is -1.27. The third kappa shape index (κ3) is 3.89. The SMILES string of the molecule is C=CCOc1ccc(C(=O)Nc2cc(F)ccc2F)cc1. The van der Waals surface area contributed by atoms with E-state index in [1.54, 1.807) is 18.2 Å². The molecule has 0 bridgehead atoms. The molecule has 2 rings (SSSR count). The summed E-state index contributed by atoms with van der Waals surface area (Å²) in [5.41, 5.74) is 0.108. The average molecular weight is 289 g/mol. The molecule has 1 amide bonds. The van der Waals surface area contributed by atoms with Gasteiger partial charge in [0.15, 0.2) is 0 Å². The van der Waals surface area contributed by atoms with E-state index >= 15 is 0 Å². The van der Waals surface area contributed by atoms with Crippen LogP contribution in [0.5, 0.6) is 5.75 Å². The Hall–Kier alpha value is -2.69. The third-order valence-electron chi connectivity index (χ3n) is 2.66. The number of hydrogen-bond acceptors (Lipinski definition) is 2. The Kier molecular flexibility index (Phi) is 4.66. The van der Waals surface area contributed by atoms with E-state index in [-0.39, 0.29) is 5.69 Å². The quantitative estimate of drug-likeness (QED) is 0.851. The standard InChI is InChI=1S/C16H13F2NO2/c1-2-9-21-13-6-3-11(4-7-13)16(20)19-15-10-12(17)5-8-14(15)18/h2-8,10H,1,9H2,(H,19,20). The number of anilines is 1. The van der Waals surface area contributed by atoms with Gasteiger partial charge in [0.05, 0.1) is 5.69 Å². The molecule has 0 aliphatic heterocycles. The lowest BCUT2D eigenvalue weighted by atomic mass is 10.2. The van der Waals surface area contributed by atoms with Crippen LogP contribution in [0.4, 0.5) is 14.5 Å². The van der Waals surface area contributed by atoms with Crippen LogP contribution in [0.3, 0.4) is 0 Å². The maximum atomic E-state index is 13.4. The van der Waals surface area contributed by atoms with Crippen LogP contribution in [0.1, 0.15) is 10.4 Å². The monoisotopic (exact) mass is 289 g/mol. The van der Waals surface area contributed by atoms with E-state index in [0.717, 1.165) is 18.2 Å². The maximum Gasteiger partial charge on any atom is 0.255 e. The van der Waals surface area contributed by atoms with E-state index in [4.69, 9.17) is 4.74 Å². The largest absolute Gasteiger partial charge is 0.490 e. The van der Waals surface area contributed by atoms with E-state index < -0.39 is 17.5 Å². The summed E-state index contributed by atoms with van der Waals surface area (Å²) >= 11 is 0. The smallest absolute Gasteiger partial charge is 0.255 e. The topological polar surface area (TPSA) is 38.3 Å². The molecular weight excluding hydrogens is 276 g/mol. The maximum absolute atomic E-state index is 13.4. The highest BCUT2D eigenvalue weighted by molar-refractivity contribution is 6.04. The second-order valence-corrected chi connectivity index (χ2v) is 4.20. The van der Waals surface area contributed by atoms with Crippen molar-refractivity contribution in [2.45, 2.75) is 0 Å². The number of rotatable bonds is 5. The van der Waals surface area contributed by atoms with Crippen LogP contribution in [-0.2, 0) is 0 Å². The molecule has 0 saturated carbocycles. The van der Waals surface area contributed by atoms with Crippen LogP contribution in [0.2, 0.25) is 0 Å². The van der Waals surface area contributed by atoms with Crippen molar-refractivity contribution in [2.75, 3.05) is 11.9 Å². The van der Waals surface area contributed by atoms with Gasteiger partial charge in [-0.1, -0.05) is 12.7 Å². The summed E-state index contributed by atoms with van der Waals surface area (Å²) < 4.78 is 31.8. The van der Waals surface area contributed by atoms with Gasteiger partial charge in [-0.25, -0.2) is 8.78 Å². The van der Waals surface area contributed by atoms with Gasteiger partial charge >= 0.3 is 0 Å². The van der Waals surface area contributed by atoms with Crippen molar-refractivity contribution in [1.82, 2.24) is 0 Å². The molecule has 21 heavy (non-hydrogen) atoms. The predicted octanol–water partition coefficient (Wildman–Crippen LogP) is 3.78. The number of carbonyl (C=O) groups is 1. The zero-order chi connectivity index (χ0) is 15.2. The highest BCUT2D eigenvalue weighted by Crippen LogP contribution is 2.18. The number of amides is 1. The minimum Gasteiger partial charge on any atom is -0.490 e. The Morgan fingerprint density at radius 1 is 1.19 bits per heavy atom. The van der Waals surface area contributed by atoms with Crippen molar-refractivity contribution < 1.29 is 18.3 Å². The fraction of sp³-hybridized carbons (Fsp3) is 0.0625. The lowest BCUT2D eigenvalue weighted by Gasteiger charge is -2.08. The lowest BCUT2D eigenvalue weighted by Crippen LogP contribution is -2.13. The number of nitrogens with one attached hydrogen (secondary N) is 1. The number of ether oxygens (including phenoxy) is 1. The number of halogens is 2. The van der Waals surface area contributed by atoms with Crippen LogP contribution in [0.25, 0.3) is 0 Å². The van der Waals surface area contributed by atoms with Gasteiger partial charge in [-0.15, -0.1) is 0 Å². The molecule has 0 aliphatic carbocycles. The van der Waals surface area contributed by atoms with Crippen molar-refractivity contribution in [1.29, 1.82) is 0 Å². The molecule has 3 nitrogen and oxygen atoms in total. The van der Waals surface area contributed by atoms with Gasteiger partial charge in [-0.3, -0.25) is 4.79 Å². The van der Waals surface area contributed by atoms with Crippen LogP contribution < -0.4 is 10.1 Å². The molecular formula is C16H13F2NO2. The van der Waals surface area contributed by atoms with E-state index in [0.29, 0.717) is 17.9 Å². The van der Waals surface area contributed by atoms with Gasteiger partial charge in [0.2, 0.25) is 0 Å². The zero-order valence-electron chi connectivity index (χ0n) is 11.1. The first-order chi connectivity index (χ1) is 10.1. The fourth-order valence-electron chi connectivity index (χ4n) is 1.65. The first kappa shape index (κ1) is 14.7. The second kappa shape index (κ2) is 6.65. The Bertz CT molecular complexity index is 654. The molecule has 5 heteroatoms. The fourth-order valence-corrected chi connectivity index (χ4v) is 1.65. The second-order valence-electron chi connectivity index (χ2n) is 4.20. The number of hydrogen-bond donors (Lipinski definition) is 1. The van der Waals surface area contributed by atoms with E-state index in [1.807, 2.05) is 0 Å². The summed E-state index contributed by atoms with van der Waals surface area (Å²) in [6, 6.07) is 9.15. The van der Waals surface area contributed by atoms with Crippen LogP contribution in [0.15, 0.2) is 55.1 Å². The Morgan fingerprint density at radius 2 is 1.90 bits per heavy atom. The molecule has 0 heterocycles. The summed E-state index contributed by atoms with van der Waals surface area (Å²) in [4.78, 5) is 11.9. The number of carbonyl (C=O) groups excluding carboxylic acids is 1. The van der Waals surface area contributed by atoms with Gasteiger partial charge < -0.3 is 10.1 Å². The summed E-state index contributed by atoms with van der Waals surface area (Å²) in [7, 11) is 0. The Labute approximate surface area is 120 Å². The molecule has 0 radical (unpaired) electrons. The van der Waals surface area contributed by atoms with Crippen molar-refractivity contribution in [3.63, 3.8) is 0 Å². The van der Waals surface area contributed by atoms with E-state index in [9.17, 15) is 13.6 Å². The minimum absolute atomic E-state index is 0.202. The summed E-state index contributed by atoms with van der Waals surface area (Å²) in [6.45, 7) is 3.89. The molecule has 0 unspecified atom stereocenters. The van der Waals surface area contributed by atoms with E-state index in [2.05, 4.69) is 11.9 Å². The molecule has 1 N–H and O–H groups in total. The predicted molar refractivity (Wildman–Crippen MR) is 76.4 cm³/mol. The summed E-state index contributed by atoms with van der Waals surface area (Å²) in [6.07, 6.45) is 1.60. The molecule has 0 aliphatic rings. The molecule has 0 spiro atoms. The van der Waals surface area contributed by atoms with Crippen molar-refractivity contribution >= 4 is 11.6 Å².